The van der Waals surface area contributed by atoms with Crippen molar-refractivity contribution >= 4 is 11.8 Å². The summed E-state index contributed by atoms with van der Waals surface area (Å²) in [5.41, 5.74) is 5.68. The molecule has 0 aromatic rings. The molecule has 1 saturated heterocycles. The third kappa shape index (κ3) is 3.69. The Morgan fingerprint density at radius 1 is 1.21 bits per heavy atom. The molecule has 0 aromatic heterocycles. The molecule has 2 N–H and O–H groups in total. The molecule has 1 aliphatic carbocycles. The second-order valence-corrected chi connectivity index (χ2v) is 5.96. The Labute approximate surface area is 115 Å². The van der Waals surface area contributed by atoms with E-state index in [1.807, 2.05) is 0 Å². The quantitative estimate of drug-likeness (QED) is 0.807. The summed E-state index contributed by atoms with van der Waals surface area (Å²) in [6.07, 6.45) is 5.12. The third-order valence-corrected chi connectivity index (χ3v) is 4.57. The first-order chi connectivity index (χ1) is 9.10. The average molecular weight is 267 g/mol. The molecule has 0 unspecified atom stereocenters. The van der Waals surface area contributed by atoms with Crippen LogP contribution < -0.4 is 5.73 Å². The van der Waals surface area contributed by atoms with Crippen LogP contribution in [0.4, 0.5) is 0 Å². The van der Waals surface area contributed by atoms with Crippen LogP contribution in [0.25, 0.3) is 0 Å². The smallest absolute Gasteiger partial charge is 0.241 e. The Kier molecular flexibility index (Phi) is 4.80. The van der Waals surface area contributed by atoms with Gasteiger partial charge in [0, 0.05) is 26.6 Å². The normalized spacial score (nSPS) is 28.6. The fourth-order valence-corrected chi connectivity index (χ4v) is 3.02. The topological polar surface area (TPSA) is 66.6 Å². The van der Waals surface area contributed by atoms with Crippen LogP contribution in [0.15, 0.2) is 0 Å². The van der Waals surface area contributed by atoms with E-state index in [1.54, 1.807) is 16.8 Å². The first-order valence-electron chi connectivity index (χ1n) is 7.32. The Morgan fingerprint density at radius 2 is 1.84 bits per heavy atom. The molecular weight excluding hydrogens is 242 g/mol. The van der Waals surface area contributed by atoms with Crippen LogP contribution >= 0.6 is 0 Å². The lowest BCUT2D eigenvalue weighted by Crippen LogP contribution is -2.51. The molecule has 2 fully saturated rings. The highest BCUT2D eigenvalue weighted by molar-refractivity contribution is 5.85. The summed E-state index contributed by atoms with van der Waals surface area (Å²) in [4.78, 5) is 27.2. The summed E-state index contributed by atoms with van der Waals surface area (Å²) >= 11 is 0. The van der Waals surface area contributed by atoms with Crippen LogP contribution in [0.1, 0.15) is 32.1 Å². The van der Waals surface area contributed by atoms with Crippen molar-refractivity contribution in [2.45, 2.75) is 32.1 Å². The first-order valence-corrected chi connectivity index (χ1v) is 7.32. The van der Waals surface area contributed by atoms with Crippen molar-refractivity contribution in [3.8, 4) is 0 Å². The van der Waals surface area contributed by atoms with Gasteiger partial charge in [-0.3, -0.25) is 9.59 Å². The summed E-state index contributed by atoms with van der Waals surface area (Å²) in [6, 6.07) is 0. The monoisotopic (exact) mass is 267 g/mol. The maximum atomic E-state index is 12.2. The second kappa shape index (κ2) is 6.37. The van der Waals surface area contributed by atoms with Gasteiger partial charge in [-0.1, -0.05) is 0 Å². The Balaban J connectivity index is 1.77. The average Bonchev–Trinajstić information content (AvgIpc) is 2.42. The predicted octanol–water partition coefficient (Wildman–Crippen LogP) is 0.442. The maximum Gasteiger partial charge on any atom is 0.241 e. The van der Waals surface area contributed by atoms with Gasteiger partial charge >= 0.3 is 0 Å². The van der Waals surface area contributed by atoms with Crippen LogP contribution in [-0.2, 0) is 9.59 Å². The molecule has 5 nitrogen and oxygen atoms in total. The number of rotatable bonds is 3. The first kappa shape index (κ1) is 14.3. The van der Waals surface area contributed by atoms with E-state index in [0.29, 0.717) is 31.3 Å². The van der Waals surface area contributed by atoms with Crippen LogP contribution in [0.2, 0.25) is 0 Å². The SMILES string of the molecule is CN1CCN(C(=O)CC2CCC(CN)CC2)CC1=O. The van der Waals surface area contributed by atoms with Crippen molar-refractivity contribution in [1.29, 1.82) is 0 Å². The van der Waals surface area contributed by atoms with E-state index in [-0.39, 0.29) is 18.4 Å². The van der Waals surface area contributed by atoms with Crippen molar-refractivity contribution in [2.75, 3.05) is 33.2 Å². The molecule has 0 aromatic carbocycles. The third-order valence-electron chi connectivity index (χ3n) is 4.57. The van der Waals surface area contributed by atoms with Gasteiger partial charge in [-0.25, -0.2) is 0 Å². The van der Waals surface area contributed by atoms with Crippen LogP contribution in [0.5, 0.6) is 0 Å². The van der Waals surface area contributed by atoms with Gasteiger partial charge in [0.2, 0.25) is 11.8 Å². The molecule has 19 heavy (non-hydrogen) atoms. The predicted molar refractivity (Wildman–Crippen MR) is 73.3 cm³/mol. The number of likely N-dealkylation sites (N-methyl/N-ethyl adjacent to an activating group) is 1. The highest BCUT2D eigenvalue weighted by Crippen LogP contribution is 2.30. The lowest BCUT2D eigenvalue weighted by molar-refractivity contribution is -0.144. The minimum absolute atomic E-state index is 0.0476. The number of nitrogens with two attached hydrogens (primary N) is 1. The van der Waals surface area contributed by atoms with Gasteiger partial charge in [0.1, 0.15) is 0 Å². The molecule has 0 atom stereocenters. The van der Waals surface area contributed by atoms with Crippen molar-refractivity contribution < 1.29 is 9.59 Å². The fourth-order valence-electron chi connectivity index (χ4n) is 3.02. The zero-order chi connectivity index (χ0) is 13.8. The van der Waals surface area contributed by atoms with E-state index in [9.17, 15) is 9.59 Å². The molecule has 5 heteroatoms. The molecule has 1 aliphatic heterocycles. The Bertz CT molecular complexity index is 338. The molecular formula is C14H25N3O2. The summed E-state index contributed by atoms with van der Waals surface area (Å²) in [7, 11) is 1.79. The zero-order valence-electron chi connectivity index (χ0n) is 11.8. The summed E-state index contributed by atoms with van der Waals surface area (Å²) in [6.45, 7) is 2.37. The van der Waals surface area contributed by atoms with Gasteiger partial charge in [-0.15, -0.1) is 0 Å². The van der Waals surface area contributed by atoms with E-state index >= 15 is 0 Å². The highest BCUT2D eigenvalue weighted by atomic mass is 16.2. The van der Waals surface area contributed by atoms with E-state index in [2.05, 4.69) is 0 Å². The van der Waals surface area contributed by atoms with E-state index in [4.69, 9.17) is 5.73 Å². The number of amides is 2. The molecule has 1 heterocycles. The van der Waals surface area contributed by atoms with E-state index in [1.165, 1.54) is 0 Å². The van der Waals surface area contributed by atoms with Crippen LogP contribution in [-0.4, -0.2) is 54.8 Å². The molecule has 2 amide bonds. The molecule has 108 valence electrons. The van der Waals surface area contributed by atoms with Gasteiger partial charge in [0.25, 0.3) is 0 Å². The number of nitrogens with zero attached hydrogens (tertiary/aromatic N) is 2. The number of carbonyl (C=O) groups is 2. The molecule has 0 radical (unpaired) electrons. The largest absolute Gasteiger partial charge is 0.342 e. The van der Waals surface area contributed by atoms with Gasteiger partial charge in [0.15, 0.2) is 0 Å². The number of hydrogen-bond acceptors (Lipinski definition) is 3. The molecule has 2 aliphatic rings. The molecule has 0 spiro atoms. The second-order valence-electron chi connectivity index (χ2n) is 5.96. The van der Waals surface area contributed by atoms with E-state index in [0.717, 1.165) is 32.2 Å². The molecule has 2 rings (SSSR count). The number of carbonyl (C=O) groups excluding carboxylic acids is 2. The van der Waals surface area contributed by atoms with E-state index < -0.39 is 0 Å². The minimum atomic E-state index is 0.0476. The number of hydrogen-bond donors (Lipinski definition) is 1. The van der Waals surface area contributed by atoms with Gasteiger partial charge < -0.3 is 15.5 Å². The fraction of sp³-hybridized carbons (Fsp3) is 0.857. The van der Waals surface area contributed by atoms with Gasteiger partial charge in [-0.05, 0) is 44.1 Å². The van der Waals surface area contributed by atoms with Crippen molar-refractivity contribution in [1.82, 2.24) is 9.80 Å². The summed E-state index contributed by atoms with van der Waals surface area (Å²) in [5, 5.41) is 0. The summed E-state index contributed by atoms with van der Waals surface area (Å²) in [5.74, 6) is 1.34. The van der Waals surface area contributed by atoms with Crippen molar-refractivity contribution in [3.05, 3.63) is 0 Å². The zero-order valence-corrected chi connectivity index (χ0v) is 11.8. The Hall–Kier alpha value is -1.10. The van der Waals surface area contributed by atoms with Gasteiger partial charge in [-0.2, -0.15) is 0 Å². The summed E-state index contributed by atoms with van der Waals surface area (Å²) < 4.78 is 0. The number of piperazine rings is 1. The van der Waals surface area contributed by atoms with Crippen LogP contribution in [0, 0.1) is 11.8 Å². The van der Waals surface area contributed by atoms with Crippen molar-refractivity contribution in [2.24, 2.45) is 17.6 Å². The molecule has 1 saturated carbocycles. The standard InChI is InChI=1S/C14H25N3O2/c1-16-6-7-17(10-14(16)19)13(18)8-11-2-4-12(9-15)5-3-11/h11-12H,2-10,15H2,1H3. The maximum absolute atomic E-state index is 12.2. The van der Waals surface area contributed by atoms with Crippen LogP contribution in [0.3, 0.4) is 0 Å². The van der Waals surface area contributed by atoms with Crippen molar-refractivity contribution in [3.63, 3.8) is 0 Å². The lowest BCUT2D eigenvalue weighted by Gasteiger charge is -2.34. The lowest BCUT2D eigenvalue weighted by atomic mass is 9.80. The minimum Gasteiger partial charge on any atom is -0.342 e. The highest BCUT2D eigenvalue weighted by Gasteiger charge is 2.28. The Morgan fingerprint density at radius 3 is 2.42 bits per heavy atom. The molecule has 0 bridgehead atoms. The van der Waals surface area contributed by atoms with Gasteiger partial charge in [0.05, 0.1) is 6.54 Å².